The van der Waals surface area contributed by atoms with Crippen LogP contribution in [0.4, 0.5) is 4.79 Å². The van der Waals surface area contributed by atoms with E-state index in [2.05, 4.69) is 17.4 Å². The third-order valence-corrected chi connectivity index (χ3v) is 5.89. The number of carboxylic acid groups (broad SMARTS) is 1. The van der Waals surface area contributed by atoms with E-state index in [9.17, 15) is 14.4 Å². The summed E-state index contributed by atoms with van der Waals surface area (Å²) in [5, 5.41) is 12.3. The van der Waals surface area contributed by atoms with Gasteiger partial charge in [-0.05, 0) is 34.6 Å². The number of benzene rings is 2. The highest BCUT2D eigenvalue weighted by molar-refractivity contribution is 5.85. The molecule has 0 bridgehead atoms. The second kappa shape index (κ2) is 9.40. The lowest BCUT2D eigenvalue weighted by atomic mass is 9.98. The molecule has 1 fully saturated rings. The van der Waals surface area contributed by atoms with Crippen LogP contribution in [0.15, 0.2) is 48.5 Å². The van der Waals surface area contributed by atoms with E-state index in [0.29, 0.717) is 12.3 Å². The molecule has 0 aromatic heterocycles. The lowest BCUT2D eigenvalue weighted by Gasteiger charge is -2.23. The van der Waals surface area contributed by atoms with Gasteiger partial charge in [-0.3, -0.25) is 9.63 Å². The SMILES string of the molecule is CN(OCC(=O)O)C(=O)C(CC1CC1)NC(=O)OCC1c2ccccc2-c2ccccc21. The van der Waals surface area contributed by atoms with Crippen molar-refractivity contribution in [3.05, 3.63) is 59.7 Å². The number of hydrogen-bond acceptors (Lipinski definition) is 5. The molecule has 2 aromatic carbocycles. The predicted octanol–water partition coefficient (Wildman–Crippen LogP) is 3.17. The predicted molar refractivity (Wildman–Crippen MR) is 116 cm³/mol. The third-order valence-electron chi connectivity index (χ3n) is 5.89. The summed E-state index contributed by atoms with van der Waals surface area (Å²) in [5.74, 6) is -1.42. The Kier molecular flexibility index (Phi) is 6.41. The zero-order valence-electron chi connectivity index (χ0n) is 17.8. The van der Waals surface area contributed by atoms with Crippen molar-refractivity contribution in [2.45, 2.75) is 31.2 Å². The van der Waals surface area contributed by atoms with Crippen molar-refractivity contribution < 1.29 is 29.1 Å². The Morgan fingerprint density at radius 1 is 1.06 bits per heavy atom. The van der Waals surface area contributed by atoms with Crippen LogP contribution in [-0.4, -0.2) is 54.4 Å². The number of amides is 2. The molecule has 2 amide bonds. The number of fused-ring (bicyclic) bond motifs is 3. The number of hydrogen-bond donors (Lipinski definition) is 2. The summed E-state index contributed by atoms with van der Waals surface area (Å²) >= 11 is 0. The van der Waals surface area contributed by atoms with E-state index in [0.717, 1.165) is 40.2 Å². The molecule has 8 heteroatoms. The molecule has 2 aliphatic rings. The Labute approximate surface area is 186 Å². The number of rotatable bonds is 9. The number of nitrogens with one attached hydrogen (secondary N) is 1. The number of carboxylic acids is 1. The molecule has 1 atom stereocenters. The van der Waals surface area contributed by atoms with Crippen molar-refractivity contribution in [1.29, 1.82) is 0 Å². The summed E-state index contributed by atoms with van der Waals surface area (Å²) in [4.78, 5) is 40.9. The summed E-state index contributed by atoms with van der Waals surface area (Å²) in [5.41, 5.74) is 4.48. The number of aliphatic carboxylic acids is 1. The van der Waals surface area contributed by atoms with E-state index in [1.807, 2.05) is 36.4 Å². The van der Waals surface area contributed by atoms with Crippen LogP contribution in [0.2, 0.25) is 0 Å². The minimum atomic E-state index is -1.19. The zero-order chi connectivity index (χ0) is 22.7. The van der Waals surface area contributed by atoms with Gasteiger partial charge in [0.2, 0.25) is 0 Å². The van der Waals surface area contributed by atoms with E-state index in [1.165, 1.54) is 7.05 Å². The smallest absolute Gasteiger partial charge is 0.407 e. The molecule has 0 spiro atoms. The van der Waals surface area contributed by atoms with E-state index >= 15 is 0 Å². The summed E-state index contributed by atoms with van der Waals surface area (Å²) in [6.45, 7) is -0.487. The van der Waals surface area contributed by atoms with Crippen molar-refractivity contribution in [3.8, 4) is 11.1 Å². The fourth-order valence-corrected chi connectivity index (χ4v) is 4.13. The van der Waals surface area contributed by atoms with Crippen LogP contribution in [-0.2, 0) is 19.2 Å². The summed E-state index contributed by atoms with van der Waals surface area (Å²) < 4.78 is 5.54. The Morgan fingerprint density at radius 2 is 1.66 bits per heavy atom. The van der Waals surface area contributed by atoms with Crippen LogP contribution in [0.25, 0.3) is 11.1 Å². The summed E-state index contributed by atoms with van der Waals surface area (Å²) in [6.07, 6.45) is 1.77. The highest BCUT2D eigenvalue weighted by Gasteiger charge is 2.34. The molecule has 1 unspecified atom stereocenters. The first-order valence-electron chi connectivity index (χ1n) is 10.7. The van der Waals surface area contributed by atoms with Crippen LogP contribution in [0, 0.1) is 5.92 Å². The van der Waals surface area contributed by atoms with E-state index in [4.69, 9.17) is 14.7 Å². The van der Waals surface area contributed by atoms with Gasteiger partial charge in [0.15, 0.2) is 6.61 Å². The van der Waals surface area contributed by atoms with Gasteiger partial charge in [0.25, 0.3) is 5.91 Å². The first-order valence-corrected chi connectivity index (χ1v) is 10.7. The Bertz CT molecular complexity index is 974. The highest BCUT2D eigenvalue weighted by Crippen LogP contribution is 2.44. The van der Waals surface area contributed by atoms with Crippen LogP contribution in [0.3, 0.4) is 0 Å². The van der Waals surface area contributed by atoms with E-state index < -0.39 is 30.6 Å². The molecule has 2 aromatic rings. The van der Waals surface area contributed by atoms with Gasteiger partial charge in [0.05, 0.1) is 0 Å². The van der Waals surface area contributed by atoms with E-state index in [-0.39, 0.29) is 12.5 Å². The van der Waals surface area contributed by atoms with Crippen molar-refractivity contribution in [2.75, 3.05) is 20.3 Å². The molecule has 0 heterocycles. The second-order valence-corrected chi connectivity index (χ2v) is 8.20. The van der Waals surface area contributed by atoms with Gasteiger partial charge in [-0.25, -0.2) is 14.7 Å². The Balaban J connectivity index is 1.39. The summed E-state index contributed by atoms with van der Waals surface area (Å²) in [7, 11) is 1.34. The number of ether oxygens (including phenoxy) is 1. The number of carbonyl (C=O) groups is 3. The molecular formula is C24H26N2O6. The molecule has 8 nitrogen and oxygen atoms in total. The van der Waals surface area contributed by atoms with Crippen molar-refractivity contribution >= 4 is 18.0 Å². The van der Waals surface area contributed by atoms with Crippen molar-refractivity contribution in [3.63, 3.8) is 0 Å². The first-order chi connectivity index (χ1) is 15.4. The molecule has 2 N–H and O–H groups in total. The van der Waals surface area contributed by atoms with Gasteiger partial charge in [0, 0.05) is 13.0 Å². The molecule has 168 valence electrons. The third kappa shape index (κ3) is 4.91. The molecule has 0 aliphatic heterocycles. The standard InChI is InChI=1S/C24H26N2O6/c1-26(32-14-22(27)28)23(29)21(12-15-10-11-15)25-24(30)31-13-20-18-8-4-2-6-16(18)17-7-3-5-9-19(17)20/h2-9,15,20-21H,10-14H2,1H3,(H,25,30)(H,27,28). The van der Waals surface area contributed by atoms with Crippen LogP contribution in [0.5, 0.6) is 0 Å². The monoisotopic (exact) mass is 438 g/mol. The molecular weight excluding hydrogens is 412 g/mol. The highest BCUT2D eigenvalue weighted by atomic mass is 16.7. The number of carbonyl (C=O) groups excluding carboxylic acids is 2. The number of hydroxylamine groups is 2. The molecule has 32 heavy (non-hydrogen) atoms. The fraction of sp³-hybridized carbons (Fsp3) is 0.375. The van der Waals surface area contributed by atoms with Gasteiger partial charge in [-0.1, -0.05) is 61.4 Å². The van der Waals surface area contributed by atoms with Crippen LogP contribution < -0.4 is 5.32 Å². The first kappa shape index (κ1) is 21.8. The number of likely N-dealkylation sites (N-methyl/N-ethyl adjacent to an activating group) is 1. The van der Waals surface area contributed by atoms with Gasteiger partial charge in [0.1, 0.15) is 12.6 Å². The van der Waals surface area contributed by atoms with Crippen LogP contribution in [0.1, 0.15) is 36.3 Å². The molecule has 1 saturated carbocycles. The maximum atomic E-state index is 12.7. The van der Waals surface area contributed by atoms with Crippen molar-refractivity contribution in [2.24, 2.45) is 5.92 Å². The average Bonchev–Trinajstić information content (AvgIpc) is 3.55. The minimum Gasteiger partial charge on any atom is -0.479 e. The molecule has 0 saturated heterocycles. The average molecular weight is 438 g/mol. The van der Waals surface area contributed by atoms with Gasteiger partial charge in [-0.2, -0.15) is 0 Å². The molecule has 2 aliphatic carbocycles. The van der Waals surface area contributed by atoms with Crippen LogP contribution >= 0.6 is 0 Å². The summed E-state index contributed by atoms with van der Waals surface area (Å²) in [6, 6.07) is 15.3. The maximum Gasteiger partial charge on any atom is 0.407 e. The van der Waals surface area contributed by atoms with Gasteiger partial charge in [-0.15, -0.1) is 0 Å². The maximum absolute atomic E-state index is 12.7. The Morgan fingerprint density at radius 3 is 2.22 bits per heavy atom. The minimum absolute atomic E-state index is 0.0766. The number of nitrogens with zero attached hydrogens (tertiary/aromatic N) is 1. The largest absolute Gasteiger partial charge is 0.479 e. The quantitative estimate of drug-likeness (QED) is 0.583. The lowest BCUT2D eigenvalue weighted by Crippen LogP contribution is -2.48. The lowest BCUT2D eigenvalue weighted by molar-refractivity contribution is -0.187. The zero-order valence-corrected chi connectivity index (χ0v) is 17.8. The normalized spacial score (nSPS) is 15.4. The molecule has 4 rings (SSSR count). The fourth-order valence-electron chi connectivity index (χ4n) is 4.13. The molecule has 0 radical (unpaired) electrons. The van der Waals surface area contributed by atoms with E-state index in [1.54, 1.807) is 0 Å². The second-order valence-electron chi connectivity index (χ2n) is 8.20. The van der Waals surface area contributed by atoms with Gasteiger partial charge >= 0.3 is 12.1 Å². The number of alkyl carbamates (subject to hydrolysis) is 1. The van der Waals surface area contributed by atoms with Gasteiger partial charge < -0.3 is 15.2 Å². The Hall–Kier alpha value is -3.39. The van der Waals surface area contributed by atoms with Crippen molar-refractivity contribution in [1.82, 2.24) is 10.4 Å². The topological polar surface area (TPSA) is 105 Å².